The van der Waals surface area contributed by atoms with Crippen molar-refractivity contribution in [2.45, 2.75) is 101 Å². The third-order valence-corrected chi connectivity index (χ3v) is 13.3. The van der Waals surface area contributed by atoms with Crippen molar-refractivity contribution in [3.05, 3.63) is 65.9 Å². The van der Waals surface area contributed by atoms with Gasteiger partial charge in [-0.25, -0.2) is 18.2 Å². The largest absolute Gasteiger partial charge is 0.447 e. The number of sulfonamides is 1. The first-order valence-electron chi connectivity index (χ1n) is 19.4. The summed E-state index contributed by atoms with van der Waals surface area (Å²) in [6.07, 6.45) is 7.02. The number of alkyl carbamates (subject to hydrolysis) is 1. The molecule has 55 heavy (non-hydrogen) atoms. The van der Waals surface area contributed by atoms with Crippen molar-refractivity contribution in [3.8, 4) is 11.3 Å². The summed E-state index contributed by atoms with van der Waals surface area (Å²) in [7, 11) is -3.91. The molecule has 1 aromatic carbocycles. The van der Waals surface area contributed by atoms with Crippen LogP contribution in [0.2, 0.25) is 0 Å². The highest BCUT2D eigenvalue weighted by Crippen LogP contribution is 2.47. The monoisotopic (exact) mass is 774 g/mol. The molecule has 0 radical (unpaired) electrons. The van der Waals surface area contributed by atoms with Gasteiger partial charge >= 0.3 is 6.09 Å². The number of aromatic nitrogens is 1. The molecule has 2 saturated heterocycles. The second kappa shape index (κ2) is 15.4. The maximum Gasteiger partial charge on any atom is 0.408 e. The summed E-state index contributed by atoms with van der Waals surface area (Å²) in [6, 6.07) is 11.1. The minimum absolute atomic E-state index is 0.137. The third kappa shape index (κ3) is 8.26. The summed E-state index contributed by atoms with van der Waals surface area (Å²) in [5, 5.41) is 5.02. The van der Waals surface area contributed by atoms with E-state index in [9.17, 15) is 32.4 Å². The molecule has 2 aromatic rings. The smallest absolute Gasteiger partial charge is 0.408 e. The molecular weight excluding hydrogens is 725 g/mol. The third-order valence-electron chi connectivity index (χ3n) is 11.4. The van der Waals surface area contributed by atoms with Gasteiger partial charge in [-0.15, -0.1) is 0 Å². The standard InChI is InChI=1S/C40H50N6O8S/c1-24(2)54-39(51)42-33-11-8-6-4-5-7-10-28-20-40(28,38(50)44-55(52,53)29-18-19-29)43-35(47)34-30-23-45(21-27(30)22-46(34)37(33)49)36(48)32-13-9-12-31(41-32)26-16-14-25(3)15-17-26/h7,9-10,12-17,24,27-30,33-34H,4-6,8,11,18-23H2,1-3H3,(H,42,51)(H,43,47)(H,44,50)/b10-7-/t27-,28+,30-,33-,34-,40+/m0/s1. The Labute approximate surface area is 321 Å². The van der Waals surface area contributed by atoms with E-state index < -0.39 is 74.7 Å². The fourth-order valence-electron chi connectivity index (χ4n) is 8.23. The van der Waals surface area contributed by atoms with E-state index in [0.717, 1.165) is 24.0 Å². The lowest BCUT2D eigenvalue weighted by Crippen LogP contribution is -2.60. The number of nitrogens with one attached hydrogen (secondary N) is 3. The van der Waals surface area contributed by atoms with Crippen LogP contribution in [0.1, 0.15) is 81.3 Å². The van der Waals surface area contributed by atoms with E-state index in [1.807, 2.05) is 49.4 Å². The van der Waals surface area contributed by atoms with Crippen LogP contribution in [0, 0.1) is 24.7 Å². The minimum atomic E-state index is -3.91. The molecule has 0 unspecified atom stereocenters. The highest BCUT2D eigenvalue weighted by atomic mass is 32.2. The van der Waals surface area contributed by atoms with Crippen molar-refractivity contribution < 1.29 is 37.1 Å². The number of aryl methyl sites for hydroxylation is 1. The van der Waals surface area contributed by atoms with Crippen molar-refractivity contribution in [1.82, 2.24) is 30.1 Å². The lowest BCUT2D eigenvalue weighted by molar-refractivity contribution is -0.142. The van der Waals surface area contributed by atoms with Crippen LogP contribution in [0.15, 0.2) is 54.6 Å². The van der Waals surface area contributed by atoms with E-state index in [-0.39, 0.29) is 43.6 Å². The summed E-state index contributed by atoms with van der Waals surface area (Å²) in [4.78, 5) is 77.5. The van der Waals surface area contributed by atoms with E-state index in [1.165, 1.54) is 4.90 Å². The highest BCUT2D eigenvalue weighted by Gasteiger charge is 2.63. The van der Waals surface area contributed by atoms with Gasteiger partial charge in [0.1, 0.15) is 23.3 Å². The molecule has 7 rings (SSSR count). The molecule has 5 aliphatic rings. The Morgan fingerprint density at radius 1 is 0.982 bits per heavy atom. The molecule has 3 aliphatic heterocycles. The quantitative estimate of drug-likeness (QED) is 0.355. The Morgan fingerprint density at radius 3 is 2.47 bits per heavy atom. The summed E-state index contributed by atoms with van der Waals surface area (Å²) < 4.78 is 33.3. The Bertz CT molecular complexity index is 1980. The van der Waals surface area contributed by atoms with E-state index in [2.05, 4.69) is 20.3 Å². The molecule has 2 saturated carbocycles. The van der Waals surface area contributed by atoms with Crippen molar-refractivity contribution in [2.24, 2.45) is 17.8 Å². The molecule has 4 fully saturated rings. The molecule has 15 heteroatoms. The van der Waals surface area contributed by atoms with E-state index in [0.29, 0.717) is 37.8 Å². The molecule has 1 aromatic heterocycles. The topological polar surface area (TPSA) is 184 Å². The molecule has 0 bridgehead atoms. The van der Waals surface area contributed by atoms with Crippen molar-refractivity contribution in [3.63, 3.8) is 0 Å². The second-order valence-electron chi connectivity index (χ2n) is 16.0. The number of fused-ring (bicyclic) bond motifs is 4. The normalized spacial score (nSPS) is 28.8. The van der Waals surface area contributed by atoms with Crippen LogP contribution in [0.4, 0.5) is 4.79 Å². The van der Waals surface area contributed by atoms with Gasteiger partial charge in [-0.3, -0.25) is 23.9 Å². The first kappa shape index (κ1) is 38.5. The summed E-state index contributed by atoms with van der Waals surface area (Å²) >= 11 is 0. The highest BCUT2D eigenvalue weighted by molar-refractivity contribution is 7.91. The molecule has 14 nitrogen and oxygen atoms in total. The summed E-state index contributed by atoms with van der Waals surface area (Å²) in [6.45, 7) is 5.96. The van der Waals surface area contributed by atoms with Gasteiger partial charge in [-0.1, -0.05) is 60.9 Å². The first-order valence-corrected chi connectivity index (χ1v) is 21.0. The minimum Gasteiger partial charge on any atom is -0.447 e. The molecule has 294 valence electrons. The van der Waals surface area contributed by atoms with Gasteiger partial charge in [0.05, 0.1) is 17.0 Å². The predicted octanol–water partition coefficient (Wildman–Crippen LogP) is 3.46. The van der Waals surface area contributed by atoms with Gasteiger partial charge in [0, 0.05) is 43.0 Å². The second-order valence-corrected chi connectivity index (χ2v) is 18.0. The van der Waals surface area contributed by atoms with Crippen LogP contribution in [0.5, 0.6) is 0 Å². The number of benzene rings is 1. The fourth-order valence-corrected chi connectivity index (χ4v) is 9.59. The first-order chi connectivity index (χ1) is 26.3. The van der Waals surface area contributed by atoms with Gasteiger partial charge in [0.15, 0.2) is 0 Å². The number of ether oxygens (including phenoxy) is 1. The zero-order valence-corrected chi connectivity index (χ0v) is 32.3. The van der Waals surface area contributed by atoms with Crippen molar-refractivity contribution >= 4 is 39.7 Å². The number of nitrogens with zero attached hydrogens (tertiary/aromatic N) is 3. The molecule has 6 atom stereocenters. The number of carbonyl (C=O) groups is 5. The number of hydrogen-bond donors (Lipinski definition) is 3. The van der Waals surface area contributed by atoms with E-state index in [1.54, 1.807) is 30.9 Å². The van der Waals surface area contributed by atoms with Crippen LogP contribution < -0.4 is 15.4 Å². The molecule has 0 spiro atoms. The molecule has 3 N–H and O–H groups in total. The number of pyridine rings is 1. The van der Waals surface area contributed by atoms with E-state index in [4.69, 9.17) is 4.74 Å². The number of rotatable bonds is 7. The van der Waals surface area contributed by atoms with Gasteiger partial charge < -0.3 is 25.2 Å². The van der Waals surface area contributed by atoms with Crippen LogP contribution in [0.25, 0.3) is 11.3 Å². The SMILES string of the molecule is Cc1ccc(-c2cccc(C(=O)N3C[C@H]4CN5C(=O)[C@@H](NC(=O)OC(C)C)CCCCC/C=C\[C@@H]6C[C@@]6(C(=O)NS(=O)(=O)C6CC6)NC(=O)[C@@H]5[C@H]4C3)n2)cc1. The van der Waals surface area contributed by atoms with Crippen LogP contribution in [-0.4, -0.2) is 102 Å². The van der Waals surface area contributed by atoms with Crippen molar-refractivity contribution in [2.75, 3.05) is 19.6 Å². The van der Waals surface area contributed by atoms with E-state index >= 15 is 0 Å². The lowest BCUT2D eigenvalue weighted by Gasteiger charge is -2.33. The van der Waals surface area contributed by atoms with Gasteiger partial charge in [-0.2, -0.15) is 0 Å². The Balaban J connectivity index is 1.17. The number of carbonyl (C=O) groups excluding carboxylic acids is 5. The van der Waals surface area contributed by atoms with Crippen molar-refractivity contribution in [1.29, 1.82) is 0 Å². The Hall–Kier alpha value is -4.79. The summed E-state index contributed by atoms with van der Waals surface area (Å²) in [5.74, 6) is -3.39. The average Bonchev–Trinajstić information content (AvgIpc) is 4.04. The maximum atomic E-state index is 14.6. The lowest BCUT2D eigenvalue weighted by atomic mass is 9.93. The molecular formula is C40H50N6O8S. The van der Waals surface area contributed by atoms with Crippen LogP contribution in [-0.2, 0) is 29.1 Å². The molecule has 4 heterocycles. The summed E-state index contributed by atoms with van der Waals surface area (Å²) in [5.41, 5.74) is 1.36. The van der Waals surface area contributed by atoms with Gasteiger partial charge in [-0.05, 0) is 71.4 Å². The number of likely N-dealkylation sites (tertiary alicyclic amines) is 1. The average molecular weight is 775 g/mol. The maximum absolute atomic E-state index is 14.6. The van der Waals surface area contributed by atoms with Gasteiger partial charge in [0.2, 0.25) is 21.8 Å². The molecule has 2 aliphatic carbocycles. The van der Waals surface area contributed by atoms with Crippen LogP contribution in [0.3, 0.4) is 0 Å². The zero-order chi connectivity index (χ0) is 39.1. The molecule has 5 amide bonds. The Kier molecular flexibility index (Phi) is 10.8. The number of allylic oxidation sites excluding steroid dienone is 1. The number of amides is 5. The number of hydrogen-bond acceptors (Lipinski definition) is 9. The van der Waals surface area contributed by atoms with Crippen LogP contribution >= 0.6 is 0 Å². The zero-order valence-electron chi connectivity index (χ0n) is 31.5. The fraction of sp³-hybridized carbons (Fsp3) is 0.550. The Morgan fingerprint density at radius 2 is 1.75 bits per heavy atom. The predicted molar refractivity (Wildman–Crippen MR) is 203 cm³/mol. The van der Waals surface area contributed by atoms with Gasteiger partial charge in [0.25, 0.3) is 11.8 Å².